The topological polar surface area (TPSA) is 30.5 Å². The monoisotopic (exact) mass is 231 g/mol. The van der Waals surface area contributed by atoms with Gasteiger partial charge in [-0.15, -0.1) is 0 Å². The smallest absolute Gasteiger partial charge is 0.0700 e. The summed E-state index contributed by atoms with van der Waals surface area (Å²) in [4.78, 5) is 0. The van der Waals surface area contributed by atoms with Gasteiger partial charge in [0.05, 0.1) is 19.8 Å². The van der Waals surface area contributed by atoms with Crippen LogP contribution in [0.15, 0.2) is 0 Å². The first-order valence-electron chi connectivity index (χ1n) is 6.34. The summed E-state index contributed by atoms with van der Waals surface area (Å²) in [5.74, 6) is 0.703. The van der Waals surface area contributed by atoms with Gasteiger partial charge in [-0.25, -0.2) is 0 Å². The fourth-order valence-electron chi connectivity index (χ4n) is 1.36. The Kier molecular flexibility index (Phi) is 8.90. The van der Waals surface area contributed by atoms with E-state index in [1.807, 2.05) is 6.92 Å². The first-order chi connectivity index (χ1) is 7.48. The number of hydrogen-bond acceptors (Lipinski definition) is 3. The first-order valence-corrected chi connectivity index (χ1v) is 6.34. The van der Waals surface area contributed by atoms with E-state index in [1.165, 1.54) is 0 Å². The van der Waals surface area contributed by atoms with E-state index in [9.17, 15) is 0 Å². The largest absolute Gasteiger partial charge is 0.379 e. The Labute approximate surface area is 101 Å². The van der Waals surface area contributed by atoms with Crippen molar-refractivity contribution in [2.24, 2.45) is 11.3 Å². The molecule has 0 aliphatic carbocycles. The van der Waals surface area contributed by atoms with Gasteiger partial charge in [0.2, 0.25) is 0 Å². The van der Waals surface area contributed by atoms with Gasteiger partial charge in [0.1, 0.15) is 0 Å². The van der Waals surface area contributed by atoms with Crippen molar-refractivity contribution in [2.75, 3.05) is 39.5 Å². The van der Waals surface area contributed by atoms with Crippen LogP contribution in [-0.4, -0.2) is 39.5 Å². The molecule has 0 rings (SSSR count). The van der Waals surface area contributed by atoms with Gasteiger partial charge in [-0.2, -0.15) is 0 Å². The Morgan fingerprint density at radius 1 is 1.12 bits per heavy atom. The fraction of sp³-hybridized carbons (Fsp3) is 1.00. The van der Waals surface area contributed by atoms with Crippen LogP contribution in [0.1, 0.15) is 34.6 Å². The van der Waals surface area contributed by atoms with E-state index in [2.05, 4.69) is 33.0 Å². The quantitative estimate of drug-likeness (QED) is 0.585. The first kappa shape index (κ1) is 15.9. The molecule has 0 spiro atoms. The summed E-state index contributed by atoms with van der Waals surface area (Å²) in [5, 5.41) is 3.47. The highest BCUT2D eigenvalue weighted by atomic mass is 16.5. The molecule has 0 unspecified atom stereocenters. The molecule has 0 atom stereocenters. The van der Waals surface area contributed by atoms with Crippen LogP contribution < -0.4 is 5.32 Å². The van der Waals surface area contributed by atoms with E-state index < -0.39 is 0 Å². The summed E-state index contributed by atoms with van der Waals surface area (Å²) in [6, 6.07) is 0. The Bertz CT molecular complexity index is 158. The van der Waals surface area contributed by atoms with Crippen molar-refractivity contribution < 1.29 is 9.47 Å². The number of nitrogens with one attached hydrogen (secondary N) is 1. The highest BCUT2D eigenvalue weighted by Gasteiger charge is 2.17. The molecule has 3 nitrogen and oxygen atoms in total. The normalized spacial score (nSPS) is 12.4. The minimum atomic E-state index is 0.196. The highest BCUT2D eigenvalue weighted by Crippen LogP contribution is 2.13. The van der Waals surface area contributed by atoms with Crippen molar-refractivity contribution in [1.29, 1.82) is 0 Å². The number of ether oxygens (including phenoxy) is 2. The summed E-state index contributed by atoms with van der Waals surface area (Å²) in [6.07, 6.45) is 0. The average molecular weight is 231 g/mol. The Morgan fingerprint density at radius 3 is 2.31 bits per heavy atom. The molecular formula is C13H29NO2. The lowest BCUT2D eigenvalue weighted by atomic mass is 9.94. The molecule has 1 N–H and O–H groups in total. The summed E-state index contributed by atoms with van der Waals surface area (Å²) >= 11 is 0. The van der Waals surface area contributed by atoms with Crippen molar-refractivity contribution in [2.45, 2.75) is 34.6 Å². The highest BCUT2D eigenvalue weighted by molar-refractivity contribution is 4.71. The molecule has 3 heteroatoms. The summed E-state index contributed by atoms with van der Waals surface area (Å²) in [5.41, 5.74) is 0.196. The molecule has 16 heavy (non-hydrogen) atoms. The van der Waals surface area contributed by atoms with Gasteiger partial charge in [-0.3, -0.25) is 0 Å². The molecule has 0 aliphatic rings. The Balaban J connectivity index is 3.46. The van der Waals surface area contributed by atoms with Crippen LogP contribution in [0.25, 0.3) is 0 Å². The van der Waals surface area contributed by atoms with Crippen LogP contribution in [0.2, 0.25) is 0 Å². The Hall–Kier alpha value is -0.120. The predicted octanol–water partition coefficient (Wildman–Crippen LogP) is 2.31. The second kappa shape index (κ2) is 8.97. The lowest BCUT2D eigenvalue weighted by Crippen LogP contribution is -2.35. The van der Waals surface area contributed by atoms with Crippen molar-refractivity contribution in [3.05, 3.63) is 0 Å². The molecule has 0 saturated carbocycles. The minimum absolute atomic E-state index is 0.196. The van der Waals surface area contributed by atoms with Gasteiger partial charge >= 0.3 is 0 Å². The predicted molar refractivity (Wildman–Crippen MR) is 68.8 cm³/mol. The van der Waals surface area contributed by atoms with Crippen molar-refractivity contribution >= 4 is 0 Å². The molecule has 98 valence electrons. The van der Waals surface area contributed by atoms with E-state index in [0.29, 0.717) is 19.1 Å². The van der Waals surface area contributed by atoms with E-state index in [4.69, 9.17) is 9.47 Å². The molecule has 0 amide bonds. The maximum Gasteiger partial charge on any atom is 0.0700 e. The second-order valence-corrected chi connectivity index (χ2v) is 5.44. The molecule has 0 aromatic heterocycles. The minimum Gasteiger partial charge on any atom is -0.379 e. The molecule has 0 aliphatic heterocycles. The summed E-state index contributed by atoms with van der Waals surface area (Å²) in [7, 11) is 0. The SMILES string of the molecule is CCOCCOCC(C)(C)CNCC(C)C. The maximum absolute atomic E-state index is 5.59. The van der Waals surface area contributed by atoms with Crippen molar-refractivity contribution in [3.8, 4) is 0 Å². The van der Waals surface area contributed by atoms with Gasteiger partial charge in [0, 0.05) is 18.6 Å². The van der Waals surface area contributed by atoms with E-state index in [-0.39, 0.29) is 5.41 Å². The zero-order valence-electron chi connectivity index (χ0n) is 11.6. The molecular weight excluding hydrogens is 202 g/mol. The molecule has 0 heterocycles. The van der Waals surface area contributed by atoms with Gasteiger partial charge in [-0.1, -0.05) is 27.7 Å². The van der Waals surface area contributed by atoms with Gasteiger partial charge in [0.25, 0.3) is 0 Å². The van der Waals surface area contributed by atoms with Gasteiger partial charge < -0.3 is 14.8 Å². The fourth-order valence-corrected chi connectivity index (χ4v) is 1.36. The summed E-state index contributed by atoms with van der Waals surface area (Å²) in [6.45, 7) is 15.9. The molecule has 0 saturated heterocycles. The molecule has 0 aromatic rings. The zero-order valence-corrected chi connectivity index (χ0v) is 11.6. The Morgan fingerprint density at radius 2 is 1.75 bits per heavy atom. The molecule has 0 fully saturated rings. The van der Waals surface area contributed by atoms with E-state index in [1.54, 1.807) is 0 Å². The average Bonchev–Trinajstić information content (AvgIpc) is 2.16. The lowest BCUT2D eigenvalue weighted by Gasteiger charge is -2.25. The van der Waals surface area contributed by atoms with Crippen LogP contribution >= 0.6 is 0 Å². The van der Waals surface area contributed by atoms with E-state index in [0.717, 1.165) is 26.3 Å². The summed E-state index contributed by atoms with van der Waals surface area (Å²) < 4.78 is 10.8. The third kappa shape index (κ3) is 10.4. The van der Waals surface area contributed by atoms with Crippen LogP contribution in [0, 0.1) is 11.3 Å². The standard InChI is InChI=1S/C13H29NO2/c1-6-15-7-8-16-11-13(4,5)10-14-9-12(2)3/h12,14H,6-11H2,1-5H3. The van der Waals surface area contributed by atoms with Gasteiger partial charge in [-0.05, 0) is 19.4 Å². The molecule has 0 radical (unpaired) electrons. The van der Waals surface area contributed by atoms with E-state index >= 15 is 0 Å². The van der Waals surface area contributed by atoms with Gasteiger partial charge in [0.15, 0.2) is 0 Å². The number of rotatable bonds is 10. The van der Waals surface area contributed by atoms with Crippen molar-refractivity contribution in [1.82, 2.24) is 5.32 Å². The third-order valence-corrected chi connectivity index (χ3v) is 2.23. The van der Waals surface area contributed by atoms with Crippen molar-refractivity contribution in [3.63, 3.8) is 0 Å². The third-order valence-electron chi connectivity index (χ3n) is 2.23. The zero-order chi connectivity index (χ0) is 12.4. The van der Waals surface area contributed by atoms with Crippen LogP contribution in [0.5, 0.6) is 0 Å². The second-order valence-electron chi connectivity index (χ2n) is 5.44. The van der Waals surface area contributed by atoms with Crippen LogP contribution in [0.3, 0.4) is 0 Å². The maximum atomic E-state index is 5.59. The van der Waals surface area contributed by atoms with Crippen LogP contribution in [0.4, 0.5) is 0 Å². The molecule has 0 bridgehead atoms. The lowest BCUT2D eigenvalue weighted by molar-refractivity contribution is 0.0178. The van der Waals surface area contributed by atoms with Crippen LogP contribution in [-0.2, 0) is 9.47 Å². The number of hydrogen-bond donors (Lipinski definition) is 1. The molecule has 0 aromatic carbocycles.